The topological polar surface area (TPSA) is 55.8 Å². The molecular weight excluding hydrogens is 256 g/mol. The number of ether oxygens (including phenoxy) is 2. The molecule has 0 spiro atoms. The normalized spacial score (nSPS) is 20.6. The van der Waals surface area contributed by atoms with Gasteiger partial charge < -0.3 is 14.6 Å². The molecule has 2 saturated carbocycles. The van der Waals surface area contributed by atoms with Crippen LogP contribution in [-0.4, -0.2) is 24.3 Å². The van der Waals surface area contributed by atoms with Crippen LogP contribution in [0.1, 0.15) is 44.1 Å². The number of para-hydroxylation sites is 1. The third kappa shape index (κ3) is 2.13. The Kier molecular flexibility index (Phi) is 3.32. The van der Waals surface area contributed by atoms with E-state index < -0.39 is 11.4 Å². The fraction of sp³-hybridized carbons (Fsp3) is 0.562. The van der Waals surface area contributed by atoms with E-state index in [1.165, 1.54) is 12.8 Å². The first kappa shape index (κ1) is 13.3. The lowest BCUT2D eigenvalue weighted by atomic mass is 9.94. The maximum Gasteiger partial charge on any atom is 0.314 e. The number of carboxylic acid groups (broad SMARTS) is 1. The van der Waals surface area contributed by atoms with Gasteiger partial charge in [0.05, 0.1) is 18.6 Å². The number of aliphatic carboxylic acids is 1. The molecule has 0 saturated heterocycles. The Hall–Kier alpha value is -1.71. The monoisotopic (exact) mass is 276 g/mol. The average Bonchev–Trinajstić information content (AvgIpc) is 3.11. The van der Waals surface area contributed by atoms with E-state index in [9.17, 15) is 9.90 Å². The van der Waals surface area contributed by atoms with Crippen LogP contribution in [0.5, 0.6) is 11.5 Å². The van der Waals surface area contributed by atoms with Gasteiger partial charge in [0.15, 0.2) is 11.5 Å². The highest BCUT2D eigenvalue weighted by molar-refractivity contribution is 5.86. The predicted octanol–water partition coefficient (Wildman–Crippen LogP) is 3.13. The number of methoxy groups -OCH3 is 1. The molecular formula is C16H20O4. The van der Waals surface area contributed by atoms with Gasteiger partial charge in [0.1, 0.15) is 0 Å². The van der Waals surface area contributed by atoms with Crippen molar-refractivity contribution in [1.29, 1.82) is 0 Å². The first-order chi connectivity index (χ1) is 9.67. The summed E-state index contributed by atoms with van der Waals surface area (Å²) in [6.45, 7) is 0. The van der Waals surface area contributed by atoms with Gasteiger partial charge >= 0.3 is 5.97 Å². The number of hydrogen-bond acceptors (Lipinski definition) is 3. The molecule has 1 N–H and O–H groups in total. The van der Waals surface area contributed by atoms with Crippen LogP contribution in [0.3, 0.4) is 0 Å². The van der Waals surface area contributed by atoms with Gasteiger partial charge in [-0.3, -0.25) is 4.79 Å². The Morgan fingerprint density at radius 1 is 1.30 bits per heavy atom. The first-order valence-corrected chi connectivity index (χ1v) is 7.25. The van der Waals surface area contributed by atoms with E-state index in [0.717, 1.165) is 18.4 Å². The van der Waals surface area contributed by atoms with Crippen molar-refractivity contribution in [3.63, 3.8) is 0 Å². The van der Waals surface area contributed by atoms with Gasteiger partial charge in [0.25, 0.3) is 0 Å². The molecule has 20 heavy (non-hydrogen) atoms. The number of hydrogen-bond donors (Lipinski definition) is 1. The fourth-order valence-electron chi connectivity index (χ4n) is 3.07. The molecule has 108 valence electrons. The molecule has 0 bridgehead atoms. The van der Waals surface area contributed by atoms with Crippen LogP contribution in [0.15, 0.2) is 18.2 Å². The maximum absolute atomic E-state index is 11.6. The first-order valence-electron chi connectivity index (χ1n) is 7.25. The second-order valence-corrected chi connectivity index (χ2v) is 5.75. The highest BCUT2D eigenvalue weighted by Gasteiger charge is 2.54. The summed E-state index contributed by atoms with van der Waals surface area (Å²) in [6, 6.07) is 5.55. The summed E-state index contributed by atoms with van der Waals surface area (Å²) in [5.41, 5.74) is 0.0129. The molecule has 0 amide bonds. The van der Waals surface area contributed by atoms with Crippen molar-refractivity contribution >= 4 is 5.97 Å². The minimum absolute atomic E-state index is 0.189. The number of carboxylic acids is 1. The van der Waals surface area contributed by atoms with Crippen molar-refractivity contribution in [2.75, 3.05) is 7.11 Å². The highest BCUT2D eigenvalue weighted by atomic mass is 16.5. The number of rotatable bonds is 5. The van der Waals surface area contributed by atoms with E-state index in [0.29, 0.717) is 24.3 Å². The van der Waals surface area contributed by atoms with E-state index in [4.69, 9.17) is 9.47 Å². The molecule has 1 aromatic carbocycles. The van der Waals surface area contributed by atoms with E-state index in [1.54, 1.807) is 7.11 Å². The Labute approximate surface area is 118 Å². The Morgan fingerprint density at radius 2 is 2.00 bits per heavy atom. The number of carbonyl (C=O) groups is 1. The van der Waals surface area contributed by atoms with Crippen LogP contribution in [0.25, 0.3) is 0 Å². The Morgan fingerprint density at radius 3 is 2.55 bits per heavy atom. The maximum atomic E-state index is 11.6. The molecule has 4 heteroatoms. The van der Waals surface area contributed by atoms with Crippen molar-refractivity contribution in [2.45, 2.75) is 50.0 Å². The van der Waals surface area contributed by atoms with Crippen molar-refractivity contribution in [1.82, 2.24) is 0 Å². The van der Waals surface area contributed by atoms with Gasteiger partial charge in [-0.2, -0.15) is 0 Å². The highest BCUT2D eigenvalue weighted by Crippen LogP contribution is 2.53. The molecule has 2 fully saturated rings. The fourth-order valence-corrected chi connectivity index (χ4v) is 3.07. The molecule has 0 radical (unpaired) electrons. The third-order valence-corrected chi connectivity index (χ3v) is 4.46. The zero-order valence-corrected chi connectivity index (χ0v) is 11.7. The molecule has 0 atom stereocenters. The molecule has 2 aliphatic rings. The smallest absolute Gasteiger partial charge is 0.314 e. The lowest BCUT2D eigenvalue weighted by Crippen LogP contribution is -2.22. The molecule has 4 nitrogen and oxygen atoms in total. The second kappa shape index (κ2) is 5.00. The van der Waals surface area contributed by atoms with Crippen LogP contribution >= 0.6 is 0 Å². The van der Waals surface area contributed by atoms with Gasteiger partial charge in [-0.25, -0.2) is 0 Å². The Bertz CT molecular complexity index is 513. The van der Waals surface area contributed by atoms with Gasteiger partial charge in [0, 0.05) is 5.56 Å². The SMILES string of the molecule is COc1cccc(C2(C(=O)O)CC2)c1OC1CCCC1. The predicted molar refractivity (Wildman–Crippen MR) is 74.4 cm³/mol. The quantitative estimate of drug-likeness (QED) is 0.897. The van der Waals surface area contributed by atoms with Crippen molar-refractivity contribution < 1.29 is 19.4 Å². The molecule has 1 aromatic rings. The molecule has 0 aromatic heterocycles. The third-order valence-electron chi connectivity index (χ3n) is 4.46. The number of benzene rings is 1. The summed E-state index contributed by atoms with van der Waals surface area (Å²) in [7, 11) is 1.60. The summed E-state index contributed by atoms with van der Waals surface area (Å²) in [6.07, 6.45) is 5.98. The molecule has 0 unspecified atom stereocenters. The van der Waals surface area contributed by atoms with Gasteiger partial charge in [0.2, 0.25) is 0 Å². The van der Waals surface area contributed by atoms with E-state index >= 15 is 0 Å². The van der Waals surface area contributed by atoms with Crippen LogP contribution < -0.4 is 9.47 Å². The van der Waals surface area contributed by atoms with Crippen molar-refractivity contribution in [3.8, 4) is 11.5 Å². The minimum atomic E-state index is -0.762. The lowest BCUT2D eigenvalue weighted by Gasteiger charge is -2.22. The molecule has 2 aliphatic carbocycles. The lowest BCUT2D eigenvalue weighted by molar-refractivity contribution is -0.140. The van der Waals surface area contributed by atoms with Crippen LogP contribution in [-0.2, 0) is 10.2 Å². The van der Waals surface area contributed by atoms with E-state index in [-0.39, 0.29) is 6.10 Å². The molecule has 3 rings (SSSR count). The Balaban J connectivity index is 1.98. The van der Waals surface area contributed by atoms with Gasteiger partial charge in [-0.1, -0.05) is 12.1 Å². The molecule has 0 heterocycles. The van der Waals surface area contributed by atoms with E-state index in [2.05, 4.69) is 0 Å². The van der Waals surface area contributed by atoms with Crippen LogP contribution in [0.2, 0.25) is 0 Å². The summed E-state index contributed by atoms with van der Waals surface area (Å²) >= 11 is 0. The zero-order chi connectivity index (χ0) is 14.2. The van der Waals surface area contributed by atoms with Gasteiger partial charge in [-0.15, -0.1) is 0 Å². The van der Waals surface area contributed by atoms with Crippen LogP contribution in [0.4, 0.5) is 0 Å². The summed E-state index contributed by atoms with van der Waals surface area (Å²) in [5.74, 6) is 0.519. The summed E-state index contributed by atoms with van der Waals surface area (Å²) < 4.78 is 11.5. The average molecular weight is 276 g/mol. The van der Waals surface area contributed by atoms with Crippen molar-refractivity contribution in [2.24, 2.45) is 0 Å². The summed E-state index contributed by atoms with van der Waals surface area (Å²) in [4.78, 5) is 11.6. The second-order valence-electron chi connectivity index (χ2n) is 5.75. The zero-order valence-electron chi connectivity index (χ0n) is 11.7. The van der Waals surface area contributed by atoms with Crippen molar-refractivity contribution in [3.05, 3.63) is 23.8 Å². The van der Waals surface area contributed by atoms with Gasteiger partial charge in [-0.05, 0) is 44.6 Å². The molecule has 0 aliphatic heterocycles. The van der Waals surface area contributed by atoms with E-state index in [1.807, 2.05) is 18.2 Å². The largest absolute Gasteiger partial charge is 0.493 e. The minimum Gasteiger partial charge on any atom is -0.493 e. The standard InChI is InChI=1S/C16H20O4/c1-19-13-8-4-7-12(16(9-10-16)15(17)18)14(13)20-11-5-2-3-6-11/h4,7-8,11H,2-3,5-6,9-10H2,1H3,(H,17,18). The van der Waals surface area contributed by atoms with Crippen LogP contribution in [0, 0.1) is 0 Å². The summed E-state index contributed by atoms with van der Waals surface area (Å²) in [5, 5.41) is 9.51.